The van der Waals surface area contributed by atoms with Crippen molar-refractivity contribution in [1.29, 1.82) is 0 Å². The Bertz CT molecular complexity index is 1990. The first kappa shape index (κ1) is 36.4. The van der Waals surface area contributed by atoms with Crippen molar-refractivity contribution in [1.82, 2.24) is 40.3 Å². The largest absolute Gasteiger partial charge is 0.484 e. The number of rotatable bonds is 7. The van der Waals surface area contributed by atoms with Gasteiger partial charge in [0.1, 0.15) is 17.8 Å². The fourth-order valence-corrected chi connectivity index (χ4v) is 7.32. The Morgan fingerprint density at radius 1 is 0.907 bits per heavy atom. The van der Waals surface area contributed by atoms with Crippen molar-refractivity contribution in [3.05, 3.63) is 107 Å². The average molecular weight is 735 g/mol. The second-order valence-electron chi connectivity index (χ2n) is 14.6. The lowest BCUT2D eigenvalue weighted by molar-refractivity contribution is -0.140. The third-order valence-electron chi connectivity index (χ3n) is 10.6. The number of hydrogen-bond acceptors (Lipinski definition) is 7. The molecule has 7 rings (SSSR count). The summed E-state index contributed by atoms with van der Waals surface area (Å²) in [4.78, 5) is 79.9. The molecule has 14 nitrogen and oxygen atoms in total. The number of nitrogens with zero attached hydrogens (tertiary/aromatic N) is 4. The number of fused-ring (bicyclic) bond motifs is 4. The molecule has 4 aromatic rings. The van der Waals surface area contributed by atoms with Gasteiger partial charge in [-0.25, -0.2) is 4.98 Å². The van der Waals surface area contributed by atoms with E-state index in [9.17, 15) is 24.0 Å². The minimum atomic E-state index is -1.00. The van der Waals surface area contributed by atoms with Crippen LogP contribution in [-0.4, -0.2) is 105 Å². The maximum atomic E-state index is 14.3. The van der Waals surface area contributed by atoms with Crippen LogP contribution in [0.4, 0.5) is 0 Å². The zero-order valence-corrected chi connectivity index (χ0v) is 30.5. The van der Waals surface area contributed by atoms with Crippen molar-refractivity contribution in [2.75, 3.05) is 32.8 Å². The molecule has 1 saturated heterocycles. The Labute approximate surface area is 313 Å². The molecule has 2 aromatic carbocycles. The molecule has 2 aliphatic heterocycles. The molecule has 0 spiro atoms. The standard InChI is InChI=1S/C40H46N8O6/c1-25-31(13-14-46(25)2)39(52)48-20-32-28-9-6-10-30(16-28)54-23-37(50)44-34(17-29-18-41-24-42-29)40(53)47(19-27-11-12-27)22-36(49)43-33(38(51)45-35(32)21-48)15-26-7-4-3-5-8-26/h3-10,13-14,16,18,24,27,32-35H,11-12,15,17,19-23H2,1-2H3,(H,41,42)(H,43,49)(H,44,50)(H,45,51)/t32-,33+,34+,35+/m1/s1. The number of aryl methyl sites for hydroxylation is 1. The van der Waals surface area contributed by atoms with Crippen LogP contribution in [0.2, 0.25) is 0 Å². The summed E-state index contributed by atoms with van der Waals surface area (Å²) in [6.45, 7) is 2.15. The molecule has 54 heavy (non-hydrogen) atoms. The van der Waals surface area contributed by atoms with E-state index in [1.807, 2.05) is 73.3 Å². The van der Waals surface area contributed by atoms with Crippen LogP contribution < -0.4 is 20.7 Å². The summed E-state index contributed by atoms with van der Waals surface area (Å²) in [6.07, 6.45) is 7.13. The second-order valence-corrected chi connectivity index (χ2v) is 14.6. The van der Waals surface area contributed by atoms with Crippen LogP contribution in [0.25, 0.3) is 0 Å². The molecule has 3 aliphatic rings. The van der Waals surface area contributed by atoms with Crippen LogP contribution in [0.3, 0.4) is 0 Å². The summed E-state index contributed by atoms with van der Waals surface area (Å²) in [5, 5.41) is 8.97. The highest BCUT2D eigenvalue weighted by Gasteiger charge is 2.40. The van der Waals surface area contributed by atoms with E-state index in [1.165, 1.54) is 11.2 Å². The topological polar surface area (TPSA) is 171 Å². The summed E-state index contributed by atoms with van der Waals surface area (Å²) in [5.41, 5.74) is 3.72. The molecule has 1 aliphatic carbocycles. The molecule has 0 radical (unpaired) electrons. The molecule has 5 amide bonds. The molecule has 2 bridgehead atoms. The van der Waals surface area contributed by atoms with Crippen molar-refractivity contribution in [3.63, 3.8) is 0 Å². The van der Waals surface area contributed by atoms with Gasteiger partial charge in [0.05, 0.1) is 24.5 Å². The number of benzene rings is 2. The Morgan fingerprint density at radius 3 is 2.43 bits per heavy atom. The Kier molecular flexibility index (Phi) is 10.8. The van der Waals surface area contributed by atoms with Gasteiger partial charge in [0, 0.05) is 69.2 Å². The number of amides is 5. The van der Waals surface area contributed by atoms with Gasteiger partial charge in [0.2, 0.25) is 17.7 Å². The molecule has 14 heteroatoms. The highest BCUT2D eigenvalue weighted by Crippen LogP contribution is 2.32. The second kappa shape index (κ2) is 16.0. The molecule has 2 aromatic heterocycles. The zero-order chi connectivity index (χ0) is 37.8. The van der Waals surface area contributed by atoms with E-state index in [4.69, 9.17) is 4.74 Å². The van der Waals surface area contributed by atoms with Crippen molar-refractivity contribution in [2.24, 2.45) is 13.0 Å². The van der Waals surface area contributed by atoms with Gasteiger partial charge in [-0.05, 0) is 55.0 Å². The maximum Gasteiger partial charge on any atom is 0.258 e. The number of H-pyrrole nitrogens is 1. The summed E-state index contributed by atoms with van der Waals surface area (Å²) in [5.74, 6) is -1.61. The highest BCUT2D eigenvalue weighted by atomic mass is 16.5. The van der Waals surface area contributed by atoms with Crippen LogP contribution >= 0.6 is 0 Å². The van der Waals surface area contributed by atoms with Crippen LogP contribution in [0.5, 0.6) is 5.75 Å². The van der Waals surface area contributed by atoms with E-state index in [0.29, 0.717) is 30.1 Å². The van der Waals surface area contributed by atoms with Gasteiger partial charge < -0.3 is 40.0 Å². The summed E-state index contributed by atoms with van der Waals surface area (Å²) < 4.78 is 7.86. The Balaban J connectivity index is 1.22. The van der Waals surface area contributed by atoms with Gasteiger partial charge >= 0.3 is 0 Å². The molecule has 0 unspecified atom stereocenters. The number of imidazole rings is 1. The van der Waals surface area contributed by atoms with E-state index in [0.717, 1.165) is 29.7 Å². The van der Waals surface area contributed by atoms with E-state index in [2.05, 4.69) is 25.9 Å². The van der Waals surface area contributed by atoms with Crippen LogP contribution in [0.1, 0.15) is 51.6 Å². The minimum Gasteiger partial charge on any atom is -0.484 e. The number of carbonyl (C=O) groups is 5. The number of likely N-dealkylation sites (tertiary alicyclic amines) is 1. The number of aromatic nitrogens is 3. The highest BCUT2D eigenvalue weighted by molar-refractivity contribution is 5.96. The molecule has 4 N–H and O–H groups in total. The third-order valence-corrected chi connectivity index (χ3v) is 10.6. The first-order valence-corrected chi connectivity index (χ1v) is 18.4. The molecular formula is C40H46N8O6. The summed E-state index contributed by atoms with van der Waals surface area (Å²) in [7, 11) is 1.89. The third kappa shape index (κ3) is 8.64. The van der Waals surface area contributed by atoms with Gasteiger partial charge in [-0.15, -0.1) is 0 Å². The lowest BCUT2D eigenvalue weighted by atomic mass is 9.93. The SMILES string of the molecule is Cc1c(C(=O)N2C[C@@H]3NC(=O)[C@H](Cc4ccccc4)NC(=O)CN(CC4CC4)C(=O)[C@H](Cc4cnc[nH]4)NC(=O)COc4cccc(c4)[C@H]3C2)ccn1C. The molecular weight excluding hydrogens is 688 g/mol. The van der Waals surface area contributed by atoms with Gasteiger partial charge in [0.15, 0.2) is 6.61 Å². The number of aromatic amines is 1. The summed E-state index contributed by atoms with van der Waals surface area (Å²) >= 11 is 0. The number of nitrogens with one attached hydrogen (secondary N) is 4. The zero-order valence-electron chi connectivity index (χ0n) is 30.5. The average Bonchev–Trinajstić information content (AvgIpc) is 3.48. The normalized spacial score (nSPS) is 22.7. The van der Waals surface area contributed by atoms with E-state index >= 15 is 0 Å². The molecule has 282 valence electrons. The summed E-state index contributed by atoms with van der Waals surface area (Å²) in [6, 6.07) is 16.0. The fourth-order valence-electron chi connectivity index (χ4n) is 7.32. The minimum absolute atomic E-state index is 0.128. The van der Waals surface area contributed by atoms with Gasteiger partial charge in [0.25, 0.3) is 11.8 Å². The van der Waals surface area contributed by atoms with Crippen molar-refractivity contribution < 1.29 is 28.7 Å². The Morgan fingerprint density at radius 2 is 1.70 bits per heavy atom. The smallest absolute Gasteiger partial charge is 0.258 e. The quantitative estimate of drug-likeness (QED) is 0.225. The molecule has 4 heterocycles. The lowest BCUT2D eigenvalue weighted by Gasteiger charge is -2.29. The van der Waals surface area contributed by atoms with Crippen LogP contribution in [0, 0.1) is 12.8 Å². The molecule has 2 fully saturated rings. The van der Waals surface area contributed by atoms with Crippen LogP contribution in [0.15, 0.2) is 79.4 Å². The van der Waals surface area contributed by atoms with Crippen molar-refractivity contribution >= 4 is 29.5 Å². The van der Waals surface area contributed by atoms with Crippen LogP contribution in [-0.2, 0) is 39.1 Å². The lowest BCUT2D eigenvalue weighted by Crippen LogP contribution is -2.56. The van der Waals surface area contributed by atoms with Gasteiger partial charge in [-0.1, -0.05) is 42.5 Å². The predicted molar refractivity (Wildman–Crippen MR) is 198 cm³/mol. The number of carbonyl (C=O) groups excluding carboxylic acids is 5. The fraction of sp³-hybridized carbons (Fsp3) is 0.400. The monoisotopic (exact) mass is 734 g/mol. The van der Waals surface area contributed by atoms with E-state index in [-0.39, 0.29) is 50.3 Å². The van der Waals surface area contributed by atoms with Gasteiger partial charge in [-0.2, -0.15) is 0 Å². The predicted octanol–water partition coefficient (Wildman–Crippen LogP) is 1.87. The number of ether oxygens (including phenoxy) is 1. The van der Waals surface area contributed by atoms with Crippen molar-refractivity contribution in [3.8, 4) is 5.75 Å². The van der Waals surface area contributed by atoms with E-state index in [1.54, 1.807) is 23.2 Å². The molecule has 1 saturated carbocycles. The first-order chi connectivity index (χ1) is 26.1. The first-order valence-electron chi connectivity index (χ1n) is 18.4. The Hall–Kier alpha value is -5.92. The van der Waals surface area contributed by atoms with Crippen molar-refractivity contribution in [2.45, 2.75) is 56.7 Å². The maximum absolute atomic E-state index is 14.3. The van der Waals surface area contributed by atoms with Gasteiger partial charge in [-0.3, -0.25) is 24.0 Å². The van der Waals surface area contributed by atoms with E-state index < -0.39 is 41.8 Å². The molecule has 4 atom stereocenters. The number of hydrogen-bond donors (Lipinski definition) is 4.